The van der Waals surface area contributed by atoms with Crippen molar-refractivity contribution in [3.8, 4) is 0 Å². The molecular formula is C26H27N5. The van der Waals surface area contributed by atoms with Crippen LogP contribution in [0.2, 0.25) is 0 Å². The van der Waals surface area contributed by atoms with Crippen molar-refractivity contribution in [2.45, 2.75) is 0 Å². The molecule has 1 aliphatic heterocycles. The number of hydrogen-bond acceptors (Lipinski definition) is 3. The second kappa shape index (κ2) is 8.66. The number of likely N-dealkylation sites (N-methyl/N-ethyl adjacent to an activating group) is 1. The number of benzene rings is 2. The summed E-state index contributed by atoms with van der Waals surface area (Å²) in [5, 5.41) is 8.72. The second-order valence-corrected chi connectivity index (χ2v) is 8.12. The third kappa shape index (κ3) is 4.62. The SMILES string of the molecule is CN1CCN(c2ccc(C=Cc3cc(C=Cc4ccc5cc[nH]c5c4)[nH]n3)cc2)CC1. The van der Waals surface area contributed by atoms with Gasteiger partial charge in [-0.05, 0) is 66.0 Å². The first-order chi connectivity index (χ1) is 15.2. The van der Waals surface area contributed by atoms with Gasteiger partial charge in [0.05, 0.1) is 11.4 Å². The van der Waals surface area contributed by atoms with Crippen LogP contribution in [0.1, 0.15) is 22.5 Å². The van der Waals surface area contributed by atoms with Gasteiger partial charge in [0.1, 0.15) is 0 Å². The summed E-state index contributed by atoms with van der Waals surface area (Å²) in [6, 6.07) is 19.3. The van der Waals surface area contributed by atoms with Gasteiger partial charge in [0.25, 0.3) is 0 Å². The Hall–Kier alpha value is -3.57. The Morgan fingerprint density at radius 3 is 2.42 bits per heavy atom. The highest BCUT2D eigenvalue weighted by atomic mass is 15.2. The highest BCUT2D eigenvalue weighted by molar-refractivity contribution is 5.83. The molecule has 4 aromatic rings. The van der Waals surface area contributed by atoms with Crippen LogP contribution in [-0.2, 0) is 0 Å². The summed E-state index contributed by atoms with van der Waals surface area (Å²) in [5.41, 5.74) is 6.68. The van der Waals surface area contributed by atoms with E-state index < -0.39 is 0 Å². The van der Waals surface area contributed by atoms with Gasteiger partial charge in [0.15, 0.2) is 0 Å². The molecule has 0 bridgehead atoms. The average molecular weight is 410 g/mol. The van der Waals surface area contributed by atoms with Crippen LogP contribution in [0.4, 0.5) is 5.69 Å². The zero-order chi connectivity index (χ0) is 21.0. The van der Waals surface area contributed by atoms with E-state index in [2.05, 4.69) is 105 Å². The lowest BCUT2D eigenvalue weighted by molar-refractivity contribution is 0.313. The van der Waals surface area contributed by atoms with Crippen LogP contribution in [-0.4, -0.2) is 53.3 Å². The molecular weight excluding hydrogens is 382 g/mol. The summed E-state index contributed by atoms with van der Waals surface area (Å²) in [4.78, 5) is 8.08. The Labute approximate surface area is 182 Å². The van der Waals surface area contributed by atoms with Crippen molar-refractivity contribution in [2.24, 2.45) is 0 Å². The van der Waals surface area contributed by atoms with Gasteiger partial charge in [-0.3, -0.25) is 5.10 Å². The van der Waals surface area contributed by atoms with E-state index in [-0.39, 0.29) is 0 Å². The molecule has 0 spiro atoms. The fourth-order valence-electron chi connectivity index (χ4n) is 3.92. The van der Waals surface area contributed by atoms with Crippen LogP contribution >= 0.6 is 0 Å². The Bertz CT molecular complexity index is 1200. The first-order valence-corrected chi connectivity index (χ1v) is 10.8. The average Bonchev–Trinajstić information content (AvgIpc) is 3.46. The molecule has 3 heterocycles. The molecule has 1 aliphatic rings. The van der Waals surface area contributed by atoms with Crippen LogP contribution in [0.25, 0.3) is 35.2 Å². The predicted octanol–water partition coefficient (Wildman–Crippen LogP) is 4.98. The van der Waals surface area contributed by atoms with Crippen LogP contribution in [0.15, 0.2) is 60.8 Å². The van der Waals surface area contributed by atoms with E-state index in [1.54, 1.807) is 0 Å². The Kier molecular flexibility index (Phi) is 5.42. The first-order valence-electron chi connectivity index (χ1n) is 10.8. The number of aromatic nitrogens is 3. The fraction of sp³-hybridized carbons (Fsp3) is 0.192. The van der Waals surface area contributed by atoms with Gasteiger partial charge in [-0.1, -0.05) is 36.4 Å². The molecule has 31 heavy (non-hydrogen) atoms. The zero-order valence-corrected chi connectivity index (χ0v) is 17.8. The topological polar surface area (TPSA) is 51.0 Å². The largest absolute Gasteiger partial charge is 0.369 e. The summed E-state index contributed by atoms with van der Waals surface area (Å²) in [6.07, 6.45) is 10.3. The first kappa shape index (κ1) is 19.4. The minimum absolute atomic E-state index is 0.919. The van der Waals surface area contributed by atoms with E-state index in [4.69, 9.17) is 0 Å². The monoisotopic (exact) mass is 409 g/mol. The molecule has 5 nitrogen and oxygen atoms in total. The number of rotatable bonds is 5. The molecule has 0 aliphatic carbocycles. The maximum Gasteiger partial charge on any atom is 0.0854 e. The molecule has 0 radical (unpaired) electrons. The number of aromatic amines is 2. The molecule has 1 fully saturated rings. The lowest BCUT2D eigenvalue weighted by atomic mass is 10.1. The molecule has 0 unspecified atom stereocenters. The number of piperazine rings is 1. The zero-order valence-electron chi connectivity index (χ0n) is 17.8. The highest BCUT2D eigenvalue weighted by Crippen LogP contribution is 2.19. The smallest absolute Gasteiger partial charge is 0.0854 e. The number of H-pyrrole nitrogens is 2. The number of nitrogens with one attached hydrogen (secondary N) is 2. The van der Waals surface area contributed by atoms with E-state index in [0.29, 0.717) is 0 Å². The van der Waals surface area contributed by atoms with Crippen molar-refractivity contribution in [3.63, 3.8) is 0 Å². The van der Waals surface area contributed by atoms with Crippen molar-refractivity contribution in [3.05, 3.63) is 83.3 Å². The molecule has 0 amide bonds. The quantitative estimate of drug-likeness (QED) is 0.489. The number of hydrogen-bond donors (Lipinski definition) is 2. The molecule has 5 heteroatoms. The minimum Gasteiger partial charge on any atom is -0.369 e. The second-order valence-electron chi connectivity index (χ2n) is 8.12. The van der Waals surface area contributed by atoms with Gasteiger partial charge in [-0.25, -0.2) is 0 Å². The molecule has 5 rings (SSSR count). The van der Waals surface area contributed by atoms with Crippen molar-refractivity contribution < 1.29 is 0 Å². The standard InChI is InChI=1S/C26H27N5/c1-30-14-16-31(17-15-30)25-10-5-20(6-11-25)3-8-23-19-24(29-28-23)9-4-21-2-7-22-12-13-27-26(22)18-21/h2-13,18-19,27H,14-17H2,1H3,(H,28,29). The number of nitrogens with zero attached hydrogens (tertiary/aromatic N) is 3. The summed E-state index contributed by atoms with van der Waals surface area (Å²) >= 11 is 0. The van der Waals surface area contributed by atoms with Crippen molar-refractivity contribution in [1.82, 2.24) is 20.1 Å². The summed E-state index contributed by atoms with van der Waals surface area (Å²) < 4.78 is 0. The Balaban J connectivity index is 1.21. The fourth-order valence-corrected chi connectivity index (χ4v) is 3.92. The van der Waals surface area contributed by atoms with Crippen molar-refractivity contribution in [1.29, 1.82) is 0 Å². The summed E-state index contributed by atoms with van der Waals surface area (Å²) in [7, 11) is 2.18. The molecule has 156 valence electrons. The highest BCUT2D eigenvalue weighted by Gasteiger charge is 2.13. The van der Waals surface area contributed by atoms with Crippen molar-refractivity contribution >= 4 is 40.9 Å². The normalized spacial score (nSPS) is 15.6. The maximum atomic E-state index is 4.40. The van der Waals surface area contributed by atoms with E-state index >= 15 is 0 Å². The van der Waals surface area contributed by atoms with Gasteiger partial charge in [0.2, 0.25) is 0 Å². The molecule has 2 N–H and O–H groups in total. The van der Waals surface area contributed by atoms with Crippen LogP contribution in [0.3, 0.4) is 0 Å². The van der Waals surface area contributed by atoms with Crippen molar-refractivity contribution in [2.75, 3.05) is 38.1 Å². The van der Waals surface area contributed by atoms with E-state index in [1.807, 2.05) is 12.3 Å². The third-order valence-electron chi connectivity index (χ3n) is 5.86. The molecule has 0 atom stereocenters. The lowest BCUT2D eigenvalue weighted by Gasteiger charge is -2.34. The van der Waals surface area contributed by atoms with E-state index in [1.165, 1.54) is 16.6 Å². The molecule has 2 aromatic heterocycles. The van der Waals surface area contributed by atoms with E-state index in [0.717, 1.165) is 48.6 Å². The molecule has 1 saturated heterocycles. The van der Waals surface area contributed by atoms with Crippen LogP contribution in [0.5, 0.6) is 0 Å². The van der Waals surface area contributed by atoms with Crippen LogP contribution in [0, 0.1) is 0 Å². The van der Waals surface area contributed by atoms with Gasteiger partial charge in [-0.15, -0.1) is 0 Å². The summed E-state index contributed by atoms with van der Waals surface area (Å²) in [5.74, 6) is 0. The Morgan fingerprint density at radius 2 is 1.58 bits per heavy atom. The van der Waals surface area contributed by atoms with Gasteiger partial charge in [-0.2, -0.15) is 5.10 Å². The van der Waals surface area contributed by atoms with Gasteiger partial charge in [0, 0.05) is 43.6 Å². The lowest BCUT2D eigenvalue weighted by Crippen LogP contribution is -2.44. The maximum absolute atomic E-state index is 4.40. The minimum atomic E-state index is 0.919. The van der Waals surface area contributed by atoms with Gasteiger partial charge >= 0.3 is 0 Å². The molecule has 2 aromatic carbocycles. The van der Waals surface area contributed by atoms with Crippen LogP contribution < -0.4 is 4.90 Å². The predicted molar refractivity (Wildman–Crippen MR) is 131 cm³/mol. The number of anilines is 1. The molecule has 0 saturated carbocycles. The summed E-state index contributed by atoms with van der Waals surface area (Å²) in [6.45, 7) is 4.43. The third-order valence-corrected chi connectivity index (χ3v) is 5.86. The number of fused-ring (bicyclic) bond motifs is 1. The Morgan fingerprint density at radius 1 is 0.806 bits per heavy atom. The van der Waals surface area contributed by atoms with E-state index in [9.17, 15) is 0 Å². The van der Waals surface area contributed by atoms with Gasteiger partial charge < -0.3 is 14.8 Å².